The van der Waals surface area contributed by atoms with Gasteiger partial charge in [-0.2, -0.15) is 0 Å². The summed E-state index contributed by atoms with van der Waals surface area (Å²) in [5.74, 6) is -2.20. The Morgan fingerprint density at radius 3 is 0.755 bits per heavy atom. The number of aliphatic hydroxyl groups excluding tert-OH is 1. The third-order valence-corrected chi connectivity index (χ3v) is 19.2. The van der Waals surface area contributed by atoms with Crippen molar-refractivity contribution >= 4 is 39.5 Å². The number of hydrogen-bond donors (Lipinski definition) is 3. The lowest BCUT2D eigenvalue weighted by Gasteiger charge is -2.21. The minimum atomic E-state index is -4.98. The van der Waals surface area contributed by atoms with Gasteiger partial charge < -0.3 is 33.8 Å². The molecule has 0 radical (unpaired) electrons. The van der Waals surface area contributed by atoms with Gasteiger partial charge in [-0.25, -0.2) is 9.13 Å². The van der Waals surface area contributed by atoms with Gasteiger partial charge in [-0.3, -0.25) is 37.3 Å². The Balaban J connectivity index is 5.37. The number of carbonyl (C=O) groups is 4. The van der Waals surface area contributed by atoms with Crippen LogP contribution >= 0.6 is 15.6 Å². The van der Waals surface area contributed by atoms with Gasteiger partial charge in [0.1, 0.15) is 19.3 Å². The molecule has 0 aliphatic heterocycles. The van der Waals surface area contributed by atoms with Gasteiger partial charge in [-0.05, 0) is 148 Å². The smallest absolute Gasteiger partial charge is 0.462 e. The van der Waals surface area contributed by atoms with E-state index in [9.17, 15) is 43.2 Å². The lowest BCUT2D eigenvalue weighted by atomic mass is 10.1. The Bertz CT molecular complexity index is 2260. The van der Waals surface area contributed by atoms with Crippen LogP contribution in [-0.2, 0) is 65.4 Å². The number of phosphoric acid groups is 2. The Labute approximate surface area is 621 Å². The maximum Gasteiger partial charge on any atom is 0.472 e. The van der Waals surface area contributed by atoms with Crippen molar-refractivity contribution in [2.45, 2.75) is 380 Å². The molecule has 17 nitrogen and oxygen atoms in total. The summed E-state index contributed by atoms with van der Waals surface area (Å²) in [4.78, 5) is 73.1. The van der Waals surface area contributed by atoms with E-state index in [2.05, 4.69) is 113 Å². The summed E-state index contributed by atoms with van der Waals surface area (Å²) in [5, 5.41) is 10.6. The van der Waals surface area contributed by atoms with Crippen LogP contribution in [0.4, 0.5) is 0 Å². The fourth-order valence-electron chi connectivity index (χ4n) is 11.0. The van der Waals surface area contributed by atoms with E-state index in [0.717, 1.165) is 186 Å². The second kappa shape index (κ2) is 75.5. The fourth-order valence-corrected chi connectivity index (χ4v) is 12.6. The van der Waals surface area contributed by atoms with Crippen LogP contribution < -0.4 is 0 Å². The molecule has 0 spiro atoms. The minimum Gasteiger partial charge on any atom is -0.462 e. The van der Waals surface area contributed by atoms with E-state index in [1.807, 2.05) is 0 Å². The first-order chi connectivity index (χ1) is 49.7. The highest BCUT2D eigenvalue weighted by Crippen LogP contribution is 2.45. The molecule has 19 heteroatoms. The quantitative estimate of drug-likeness (QED) is 0.0169. The molecule has 0 aliphatic carbocycles. The molecule has 0 aromatic heterocycles. The van der Waals surface area contributed by atoms with Gasteiger partial charge in [-0.15, -0.1) is 0 Å². The van der Waals surface area contributed by atoms with E-state index in [-0.39, 0.29) is 25.7 Å². The lowest BCUT2D eigenvalue weighted by molar-refractivity contribution is -0.161. The molecular weight excluding hydrogens is 1330 g/mol. The number of unbranched alkanes of at least 4 members (excludes halogenated alkanes) is 37. The van der Waals surface area contributed by atoms with Crippen molar-refractivity contribution in [1.82, 2.24) is 0 Å². The largest absolute Gasteiger partial charge is 0.472 e. The summed E-state index contributed by atoms with van der Waals surface area (Å²) < 4.78 is 68.6. The number of carbonyl (C=O) groups excluding carboxylic acids is 4. The van der Waals surface area contributed by atoms with E-state index in [1.165, 1.54) is 96.3 Å². The summed E-state index contributed by atoms with van der Waals surface area (Å²) in [6.07, 6.45) is 78.3. The fraction of sp³-hybridized carbons (Fsp3) is 0.783. The molecule has 3 unspecified atom stereocenters. The third-order valence-electron chi connectivity index (χ3n) is 17.3. The molecule has 0 fully saturated rings. The summed E-state index contributed by atoms with van der Waals surface area (Å²) >= 11 is 0. The molecule has 0 bridgehead atoms. The van der Waals surface area contributed by atoms with Gasteiger partial charge in [0.2, 0.25) is 0 Å². The van der Waals surface area contributed by atoms with Crippen LogP contribution in [0.25, 0.3) is 0 Å². The first-order valence-corrected chi connectivity index (χ1v) is 43.8. The van der Waals surface area contributed by atoms with Gasteiger partial charge in [0.05, 0.1) is 26.4 Å². The maximum atomic E-state index is 13.1. The van der Waals surface area contributed by atoms with E-state index in [4.69, 9.17) is 37.0 Å². The molecular formula is C83H148O17P2. The number of rotatable bonds is 77. The number of aliphatic hydroxyl groups is 1. The van der Waals surface area contributed by atoms with Gasteiger partial charge >= 0.3 is 39.5 Å². The number of esters is 4. The molecule has 0 rings (SSSR count). The average Bonchev–Trinajstić information content (AvgIpc) is 0.923. The van der Waals surface area contributed by atoms with Crippen molar-refractivity contribution in [3.8, 4) is 0 Å². The number of allylic oxidation sites excluding steroid dienone is 14. The molecule has 102 heavy (non-hydrogen) atoms. The zero-order valence-electron chi connectivity index (χ0n) is 64.8. The molecule has 592 valence electrons. The zero-order valence-corrected chi connectivity index (χ0v) is 66.6. The summed E-state index contributed by atoms with van der Waals surface area (Å²) in [5.41, 5.74) is 0. The predicted molar refractivity (Wildman–Crippen MR) is 418 cm³/mol. The van der Waals surface area contributed by atoms with E-state index in [0.29, 0.717) is 25.7 Å². The molecule has 5 atom stereocenters. The van der Waals surface area contributed by atoms with Crippen LogP contribution in [0.3, 0.4) is 0 Å². The van der Waals surface area contributed by atoms with Gasteiger partial charge in [-0.1, -0.05) is 273 Å². The number of ether oxygens (including phenoxy) is 4. The maximum absolute atomic E-state index is 13.1. The number of hydrogen-bond acceptors (Lipinski definition) is 15. The molecule has 0 amide bonds. The highest BCUT2D eigenvalue weighted by Gasteiger charge is 2.30. The molecule has 0 heterocycles. The Kier molecular flexibility index (Phi) is 72.7. The SMILES string of the molecule is CCCCC/C=C\C/C=C\CCCCCCCCCC(=O)OC[C@H](COP(=O)(O)OCC(O)COP(=O)(O)OC[C@@H](COC(=O)CCCCCCC/C=C\C/C=C\CCCCC)OC(=O)CCCCCCC/C=C\CCCCCCCC)OC(=O)CCCCCCC/C=C\C/C=C\CCCCC. The normalized spacial score (nSPS) is 14.3. The minimum absolute atomic E-state index is 0.0784. The third kappa shape index (κ3) is 74.5. The molecule has 0 saturated carbocycles. The van der Waals surface area contributed by atoms with Crippen molar-refractivity contribution in [3.05, 3.63) is 85.1 Å². The highest BCUT2D eigenvalue weighted by molar-refractivity contribution is 7.47. The van der Waals surface area contributed by atoms with Crippen molar-refractivity contribution < 1.29 is 80.2 Å². The lowest BCUT2D eigenvalue weighted by Crippen LogP contribution is -2.30. The van der Waals surface area contributed by atoms with Gasteiger partial charge in [0.15, 0.2) is 12.2 Å². The van der Waals surface area contributed by atoms with Crippen LogP contribution in [-0.4, -0.2) is 96.7 Å². The first kappa shape index (κ1) is 98.2. The van der Waals surface area contributed by atoms with Crippen LogP contribution in [0.5, 0.6) is 0 Å². The highest BCUT2D eigenvalue weighted by atomic mass is 31.2. The first-order valence-electron chi connectivity index (χ1n) is 40.8. The van der Waals surface area contributed by atoms with Gasteiger partial charge in [0.25, 0.3) is 0 Å². The molecule has 0 aromatic carbocycles. The van der Waals surface area contributed by atoms with Crippen molar-refractivity contribution in [2.75, 3.05) is 39.6 Å². The predicted octanol–water partition coefficient (Wildman–Crippen LogP) is 23.8. The molecule has 0 aromatic rings. The zero-order chi connectivity index (χ0) is 74.6. The summed E-state index contributed by atoms with van der Waals surface area (Å²) in [7, 11) is -9.96. The van der Waals surface area contributed by atoms with E-state index in [1.54, 1.807) is 0 Å². The monoisotopic (exact) mass is 1480 g/mol. The van der Waals surface area contributed by atoms with Crippen LogP contribution in [0.2, 0.25) is 0 Å². The van der Waals surface area contributed by atoms with Crippen molar-refractivity contribution in [1.29, 1.82) is 0 Å². The summed E-state index contributed by atoms with van der Waals surface area (Å²) in [6, 6.07) is 0. The second-order valence-electron chi connectivity index (χ2n) is 27.3. The standard InChI is InChI=1S/C83H148O17P2/c1-5-9-13-17-21-25-29-33-37-38-42-44-48-52-56-60-64-68-81(86)94-74-79(100-83(88)70-66-62-58-54-50-46-41-36-32-28-24-20-16-12-8-4)76-98-102(91,92)96-72-77(84)71-95-101(89,90)97-75-78(99-82(87)69-65-61-57-53-49-45-40-35-31-27-23-19-15-11-7-3)73-93-80(85)67-63-59-55-51-47-43-39-34-30-26-22-18-14-10-6-2/h21-22,24-26,28,33-37,39-41,77-79,84H,5-20,23,27,29-32,38,42-76H2,1-4H3,(H,89,90)(H,91,92)/b25-21-,26-22-,28-24-,37-33-,39-34-,40-35-,41-36-/t77?,78-,79-/m1/s1. The summed E-state index contributed by atoms with van der Waals surface area (Å²) in [6.45, 7) is 4.80. The topological polar surface area (TPSA) is 237 Å². The average molecular weight is 1480 g/mol. The van der Waals surface area contributed by atoms with Crippen molar-refractivity contribution in [3.63, 3.8) is 0 Å². The Morgan fingerprint density at radius 2 is 0.480 bits per heavy atom. The Hall–Kier alpha value is -3.76. The van der Waals surface area contributed by atoms with Crippen LogP contribution in [0.1, 0.15) is 362 Å². The number of phosphoric ester groups is 2. The molecule has 3 N–H and O–H groups in total. The molecule has 0 saturated heterocycles. The Morgan fingerprint density at radius 1 is 0.275 bits per heavy atom. The van der Waals surface area contributed by atoms with Gasteiger partial charge in [0, 0.05) is 25.7 Å². The van der Waals surface area contributed by atoms with E-state index < -0.39 is 97.5 Å². The van der Waals surface area contributed by atoms with Crippen molar-refractivity contribution in [2.24, 2.45) is 0 Å². The molecule has 0 aliphatic rings. The van der Waals surface area contributed by atoms with Crippen LogP contribution in [0.15, 0.2) is 85.1 Å². The van der Waals surface area contributed by atoms with E-state index >= 15 is 0 Å². The second-order valence-corrected chi connectivity index (χ2v) is 30.3. The van der Waals surface area contributed by atoms with Crippen LogP contribution in [0, 0.1) is 0 Å².